The number of benzene rings is 2. The number of amides is 1. The molecule has 148 valence electrons. The Balaban J connectivity index is 1.55. The Hall–Kier alpha value is -2.92. The van der Waals surface area contributed by atoms with Crippen molar-refractivity contribution in [2.45, 2.75) is 39.2 Å². The lowest BCUT2D eigenvalue weighted by Crippen LogP contribution is -2.09. The molecule has 0 aliphatic carbocycles. The maximum Gasteiger partial charge on any atom is 0.248 e. The largest absolute Gasteiger partial charge is 0.322 e. The van der Waals surface area contributed by atoms with Crippen molar-refractivity contribution < 1.29 is 4.79 Å². The molecule has 1 N–H and O–H groups in total. The van der Waals surface area contributed by atoms with Crippen LogP contribution < -0.4 is 5.32 Å². The van der Waals surface area contributed by atoms with Gasteiger partial charge in [-0.15, -0.1) is 10.2 Å². The molecule has 1 aliphatic heterocycles. The van der Waals surface area contributed by atoms with Gasteiger partial charge in [-0.25, -0.2) is 0 Å². The number of anilines is 1. The first-order valence-corrected chi connectivity index (χ1v) is 10.3. The van der Waals surface area contributed by atoms with E-state index in [9.17, 15) is 4.79 Å². The number of aryl methyl sites for hydroxylation is 2. The minimum absolute atomic E-state index is 0.190. The highest BCUT2D eigenvalue weighted by Gasteiger charge is 2.16. The van der Waals surface area contributed by atoms with E-state index in [0.29, 0.717) is 5.02 Å². The van der Waals surface area contributed by atoms with Crippen LogP contribution in [0.25, 0.3) is 17.5 Å². The zero-order valence-electron chi connectivity index (χ0n) is 16.4. The van der Waals surface area contributed by atoms with E-state index in [-0.39, 0.29) is 5.91 Å². The lowest BCUT2D eigenvalue weighted by molar-refractivity contribution is -0.111. The fourth-order valence-corrected chi connectivity index (χ4v) is 3.75. The predicted octanol–water partition coefficient (Wildman–Crippen LogP) is 5.29. The third kappa shape index (κ3) is 4.57. The van der Waals surface area contributed by atoms with Crippen LogP contribution in [0.1, 0.15) is 36.2 Å². The number of carbonyl (C=O) groups excluding carboxylic acids is 1. The summed E-state index contributed by atoms with van der Waals surface area (Å²) < 4.78 is 2.21. The molecule has 0 fully saturated rings. The molecule has 0 saturated heterocycles. The Morgan fingerprint density at radius 2 is 2.03 bits per heavy atom. The van der Waals surface area contributed by atoms with Crippen LogP contribution in [0.5, 0.6) is 0 Å². The molecule has 0 radical (unpaired) electrons. The summed E-state index contributed by atoms with van der Waals surface area (Å²) in [6, 6.07) is 13.4. The van der Waals surface area contributed by atoms with E-state index in [0.717, 1.165) is 59.8 Å². The number of hydrogen-bond acceptors (Lipinski definition) is 3. The number of nitrogens with zero attached hydrogens (tertiary/aromatic N) is 3. The molecule has 2 aromatic carbocycles. The molecule has 2 heterocycles. The van der Waals surface area contributed by atoms with Crippen LogP contribution in [-0.4, -0.2) is 20.7 Å². The summed E-state index contributed by atoms with van der Waals surface area (Å²) in [5.41, 5.74) is 3.61. The Labute approximate surface area is 175 Å². The van der Waals surface area contributed by atoms with Crippen LogP contribution in [0.15, 0.2) is 48.5 Å². The van der Waals surface area contributed by atoms with Crippen LogP contribution in [0, 0.1) is 6.92 Å². The fourth-order valence-electron chi connectivity index (χ4n) is 3.55. The number of carbonyl (C=O) groups is 1. The van der Waals surface area contributed by atoms with Gasteiger partial charge in [0, 0.05) is 35.3 Å². The standard InChI is InChI=1S/C23H23ClN4O/c1-16-9-11-18(23-27-26-21-8-3-2-4-13-28(21)23)15-20(16)25-22(29)12-10-17-6-5-7-19(24)14-17/h5-7,9-12,14-15H,2-4,8,13H2,1H3,(H,25,29)/b12-10+. The quantitative estimate of drug-likeness (QED) is 0.599. The van der Waals surface area contributed by atoms with Crippen LogP contribution in [0.4, 0.5) is 5.69 Å². The number of nitrogens with one attached hydrogen (secondary N) is 1. The van der Waals surface area contributed by atoms with Crippen molar-refractivity contribution in [2.24, 2.45) is 0 Å². The van der Waals surface area contributed by atoms with Gasteiger partial charge in [0.2, 0.25) is 5.91 Å². The maximum atomic E-state index is 12.4. The average Bonchev–Trinajstić information content (AvgIpc) is 2.96. The summed E-state index contributed by atoms with van der Waals surface area (Å²) in [7, 11) is 0. The monoisotopic (exact) mass is 406 g/mol. The van der Waals surface area contributed by atoms with Crippen LogP contribution in [0.2, 0.25) is 5.02 Å². The minimum atomic E-state index is -0.190. The van der Waals surface area contributed by atoms with Gasteiger partial charge in [-0.1, -0.05) is 42.3 Å². The van der Waals surface area contributed by atoms with Crippen molar-refractivity contribution >= 4 is 29.3 Å². The third-order valence-corrected chi connectivity index (χ3v) is 5.37. The van der Waals surface area contributed by atoms with E-state index in [1.807, 2.05) is 43.3 Å². The van der Waals surface area contributed by atoms with Crippen molar-refractivity contribution in [3.63, 3.8) is 0 Å². The molecular formula is C23H23ClN4O. The van der Waals surface area contributed by atoms with Gasteiger partial charge in [-0.2, -0.15) is 0 Å². The number of rotatable bonds is 4. The maximum absolute atomic E-state index is 12.4. The van der Waals surface area contributed by atoms with Crippen molar-refractivity contribution in [2.75, 3.05) is 5.32 Å². The van der Waals surface area contributed by atoms with Crippen LogP contribution in [0.3, 0.4) is 0 Å². The Morgan fingerprint density at radius 3 is 2.90 bits per heavy atom. The Morgan fingerprint density at radius 1 is 1.14 bits per heavy atom. The third-order valence-electron chi connectivity index (χ3n) is 5.14. The predicted molar refractivity (Wildman–Crippen MR) is 117 cm³/mol. The lowest BCUT2D eigenvalue weighted by atomic mass is 10.1. The van der Waals surface area contributed by atoms with Gasteiger partial charge < -0.3 is 9.88 Å². The van der Waals surface area contributed by atoms with E-state index < -0.39 is 0 Å². The molecule has 0 bridgehead atoms. The molecule has 0 unspecified atom stereocenters. The molecule has 3 aromatic rings. The molecule has 1 amide bonds. The number of halogens is 1. The molecule has 29 heavy (non-hydrogen) atoms. The van der Waals surface area contributed by atoms with Gasteiger partial charge in [-0.05, 0) is 55.2 Å². The van der Waals surface area contributed by atoms with Gasteiger partial charge in [-0.3, -0.25) is 4.79 Å². The van der Waals surface area contributed by atoms with E-state index in [1.54, 1.807) is 12.1 Å². The number of hydrogen-bond donors (Lipinski definition) is 1. The molecule has 0 atom stereocenters. The smallest absolute Gasteiger partial charge is 0.248 e. The van der Waals surface area contributed by atoms with Crippen molar-refractivity contribution in [1.29, 1.82) is 0 Å². The summed E-state index contributed by atoms with van der Waals surface area (Å²) in [6.45, 7) is 2.92. The summed E-state index contributed by atoms with van der Waals surface area (Å²) in [5.74, 6) is 1.73. The number of fused-ring (bicyclic) bond motifs is 1. The molecule has 5 nitrogen and oxygen atoms in total. The number of aromatic nitrogens is 3. The highest BCUT2D eigenvalue weighted by Crippen LogP contribution is 2.27. The Kier molecular flexibility index (Phi) is 5.76. The highest BCUT2D eigenvalue weighted by atomic mass is 35.5. The molecule has 4 rings (SSSR count). The average molecular weight is 407 g/mol. The van der Waals surface area contributed by atoms with E-state index >= 15 is 0 Å². The van der Waals surface area contributed by atoms with Crippen LogP contribution in [-0.2, 0) is 17.8 Å². The summed E-state index contributed by atoms with van der Waals surface area (Å²) in [5, 5.41) is 12.4. The molecular weight excluding hydrogens is 384 g/mol. The summed E-state index contributed by atoms with van der Waals surface area (Å²) >= 11 is 5.99. The first-order valence-electron chi connectivity index (χ1n) is 9.88. The fraction of sp³-hybridized carbons (Fsp3) is 0.261. The SMILES string of the molecule is Cc1ccc(-c2nnc3n2CCCCC3)cc1NC(=O)/C=C/c1cccc(Cl)c1. The molecule has 1 aliphatic rings. The zero-order chi connectivity index (χ0) is 20.2. The molecule has 0 saturated carbocycles. The lowest BCUT2D eigenvalue weighted by Gasteiger charge is -2.11. The van der Waals surface area contributed by atoms with Crippen molar-refractivity contribution in [3.05, 3.63) is 70.5 Å². The topological polar surface area (TPSA) is 59.8 Å². The minimum Gasteiger partial charge on any atom is -0.322 e. The molecule has 0 spiro atoms. The van der Waals surface area contributed by atoms with E-state index in [4.69, 9.17) is 11.6 Å². The zero-order valence-corrected chi connectivity index (χ0v) is 17.1. The normalized spacial score (nSPS) is 13.9. The van der Waals surface area contributed by atoms with Gasteiger partial charge >= 0.3 is 0 Å². The second kappa shape index (κ2) is 8.62. The van der Waals surface area contributed by atoms with E-state index in [1.165, 1.54) is 12.5 Å². The van der Waals surface area contributed by atoms with Gasteiger partial charge in [0.15, 0.2) is 5.82 Å². The van der Waals surface area contributed by atoms with E-state index in [2.05, 4.69) is 20.1 Å². The van der Waals surface area contributed by atoms with Gasteiger partial charge in [0.25, 0.3) is 0 Å². The molecule has 1 aromatic heterocycles. The second-order valence-corrected chi connectivity index (χ2v) is 7.75. The summed E-state index contributed by atoms with van der Waals surface area (Å²) in [6.07, 6.45) is 7.75. The van der Waals surface area contributed by atoms with Crippen molar-refractivity contribution in [3.8, 4) is 11.4 Å². The molecule has 6 heteroatoms. The van der Waals surface area contributed by atoms with Gasteiger partial charge in [0.05, 0.1) is 0 Å². The van der Waals surface area contributed by atoms with Crippen LogP contribution >= 0.6 is 11.6 Å². The van der Waals surface area contributed by atoms with Crippen molar-refractivity contribution in [1.82, 2.24) is 14.8 Å². The van der Waals surface area contributed by atoms with Gasteiger partial charge in [0.1, 0.15) is 5.82 Å². The highest BCUT2D eigenvalue weighted by molar-refractivity contribution is 6.30. The first-order chi connectivity index (χ1) is 14.1. The first kappa shape index (κ1) is 19.4. The Bertz CT molecular complexity index is 1070. The second-order valence-electron chi connectivity index (χ2n) is 7.31. The summed E-state index contributed by atoms with van der Waals surface area (Å²) in [4.78, 5) is 12.4.